The lowest BCUT2D eigenvalue weighted by atomic mass is 10.0. The Kier molecular flexibility index (Phi) is 3.86. The summed E-state index contributed by atoms with van der Waals surface area (Å²) in [7, 11) is 0. The van der Waals surface area contributed by atoms with Crippen LogP contribution in [0.15, 0.2) is 36.6 Å². The number of fused-ring (bicyclic) bond motifs is 2. The first-order valence-electron chi connectivity index (χ1n) is 8.47. The summed E-state index contributed by atoms with van der Waals surface area (Å²) in [5, 5.41) is 18.5. The molecular weight excluding hydrogens is 423 g/mol. The van der Waals surface area contributed by atoms with E-state index in [0.717, 1.165) is 19.4 Å². The Morgan fingerprint density at radius 1 is 1.30 bits per heavy atom. The summed E-state index contributed by atoms with van der Waals surface area (Å²) in [5.41, 5.74) is 0.639. The third kappa shape index (κ3) is 2.77. The van der Waals surface area contributed by atoms with E-state index in [1.165, 1.54) is 22.8 Å². The Bertz CT molecular complexity index is 1060. The normalized spacial score (nSPS) is 23.9. The van der Waals surface area contributed by atoms with E-state index in [1.807, 2.05) is 0 Å². The highest BCUT2D eigenvalue weighted by Gasteiger charge is 2.40. The van der Waals surface area contributed by atoms with Crippen LogP contribution in [0, 0.1) is 11.7 Å². The molecule has 0 spiro atoms. The van der Waals surface area contributed by atoms with Crippen LogP contribution in [-0.2, 0) is 0 Å². The SMILES string of the molecule is O=c1onc(-c2nonc2NC2CC3CC2CN3)n1-c1ccc(F)c(Br)c1. The van der Waals surface area contributed by atoms with Crippen molar-refractivity contribution in [1.29, 1.82) is 0 Å². The van der Waals surface area contributed by atoms with Gasteiger partial charge in [-0.05, 0) is 63.2 Å². The second-order valence-electron chi connectivity index (χ2n) is 6.75. The molecule has 2 fully saturated rings. The van der Waals surface area contributed by atoms with Crippen LogP contribution in [0.5, 0.6) is 0 Å². The van der Waals surface area contributed by atoms with Crippen molar-refractivity contribution in [1.82, 2.24) is 25.4 Å². The van der Waals surface area contributed by atoms with Crippen molar-refractivity contribution in [2.45, 2.75) is 24.9 Å². The summed E-state index contributed by atoms with van der Waals surface area (Å²) in [6.45, 7) is 0.960. The van der Waals surface area contributed by atoms with E-state index in [-0.39, 0.29) is 22.0 Å². The van der Waals surface area contributed by atoms with Gasteiger partial charge in [0, 0.05) is 18.6 Å². The Morgan fingerprint density at radius 2 is 2.19 bits per heavy atom. The summed E-state index contributed by atoms with van der Waals surface area (Å²) >= 11 is 3.11. The predicted octanol–water partition coefficient (Wildman–Crippen LogP) is 1.94. The van der Waals surface area contributed by atoms with Gasteiger partial charge in [0.2, 0.25) is 11.6 Å². The van der Waals surface area contributed by atoms with Gasteiger partial charge in [-0.25, -0.2) is 18.4 Å². The van der Waals surface area contributed by atoms with Crippen LogP contribution in [0.4, 0.5) is 10.2 Å². The maximum absolute atomic E-state index is 13.6. The number of hydrogen-bond acceptors (Lipinski definition) is 8. The molecule has 2 aliphatic rings. The molecule has 11 heteroatoms. The van der Waals surface area contributed by atoms with Crippen molar-refractivity contribution in [2.75, 3.05) is 11.9 Å². The van der Waals surface area contributed by atoms with Crippen LogP contribution >= 0.6 is 15.9 Å². The van der Waals surface area contributed by atoms with Gasteiger partial charge in [0.1, 0.15) is 5.82 Å². The van der Waals surface area contributed by atoms with Gasteiger partial charge in [-0.3, -0.25) is 4.52 Å². The second-order valence-corrected chi connectivity index (χ2v) is 7.61. The first-order valence-corrected chi connectivity index (χ1v) is 9.26. The summed E-state index contributed by atoms with van der Waals surface area (Å²) in [6.07, 6.45) is 2.10. The predicted molar refractivity (Wildman–Crippen MR) is 95.0 cm³/mol. The molecule has 5 rings (SSSR count). The second kappa shape index (κ2) is 6.27. The van der Waals surface area contributed by atoms with Gasteiger partial charge in [0.05, 0.1) is 10.2 Å². The molecule has 2 N–H and O–H groups in total. The average molecular weight is 437 g/mol. The number of rotatable bonds is 4. The average Bonchev–Trinajstić information content (AvgIpc) is 3.42. The molecule has 0 amide bonds. The summed E-state index contributed by atoms with van der Waals surface area (Å²) < 4.78 is 24.7. The van der Waals surface area contributed by atoms with Crippen molar-refractivity contribution >= 4 is 21.7 Å². The van der Waals surface area contributed by atoms with Crippen molar-refractivity contribution in [3.05, 3.63) is 39.0 Å². The van der Waals surface area contributed by atoms with Gasteiger partial charge in [0.15, 0.2) is 5.69 Å². The molecule has 1 aliphatic heterocycles. The third-order valence-electron chi connectivity index (χ3n) is 5.15. The van der Waals surface area contributed by atoms with E-state index < -0.39 is 11.6 Å². The molecule has 9 nitrogen and oxygen atoms in total. The third-order valence-corrected chi connectivity index (χ3v) is 5.76. The number of aromatic nitrogens is 4. The Balaban J connectivity index is 1.52. The van der Waals surface area contributed by atoms with Crippen LogP contribution in [-0.4, -0.2) is 38.7 Å². The van der Waals surface area contributed by atoms with E-state index in [0.29, 0.717) is 23.5 Å². The summed E-state index contributed by atoms with van der Waals surface area (Å²) in [4.78, 5) is 12.2. The minimum atomic E-state index is -0.721. The van der Waals surface area contributed by atoms with E-state index in [9.17, 15) is 9.18 Å². The molecule has 3 aromatic rings. The molecule has 1 aliphatic carbocycles. The highest BCUT2D eigenvalue weighted by atomic mass is 79.9. The number of piperidine rings is 1. The molecule has 0 radical (unpaired) electrons. The number of nitrogens with zero attached hydrogens (tertiary/aromatic N) is 4. The molecule has 3 unspecified atom stereocenters. The van der Waals surface area contributed by atoms with Crippen LogP contribution in [0.1, 0.15) is 12.8 Å². The number of anilines is 1. The number of hydrogen-bond donors (Lipinski definition) is 2. The lowest BCUT2D eigenvalue weighted by Gasteiger charge is -2.23. The van der Waals surface area contributed by atoms with Gasteiger partial charge < -0.3 is 10.6 Å². The molecule has 3 atom stereocenters. The van der Waals surface area contributed by atoms with E-state index in [4.69, 9.17) is 9.15 Å². The zero-order valence-electron chi connectivity index (χ0n) is 13.9. The van der Waals surface area contributed by atoms with Crippen LogP contribution < -0.4 is 16.4 Å². The standard InChI is InChI=1S/C16H14BrFN6O3/c17-10-5-9(1-2-11(10)18)24-15(23-26-16(24)25)13-14(22-27-21-13)20-12-4-8-3-7(12)6-19-8/h1-2,5,7-8,12,19H,3-4,6H2,(H,20,22). The molecule has 1 aromatic carbocycles. The zero-order chi connectivity index (χ0) is 18.5. The van der Waals surface area contributed by atoms with Gasteiger partial charge in [-0.1, -0.05) is 5.16 Å². The molecule has 27 heavy (non-hydrogen) atoms. The van der Waals surface area contributed by atoms with Crippen molar-refractivity contribution in [2.24, 2.45) is 5.92 Å². The van der Waals surface area contributed by atoms with Crippen LogP contribution in [0.2, 0.25) is 0 Å². The van der Waals surface area contributed by atoms with E-state index in [2.05, 4.69) is 42.0 Å². The first kappa shape index (κ1) is 16.6. The fourth-order valence-electron chi connectivity index (χ4n) is 3.87. The minimum absolute atomic E-state index is 0.128. The Morgan fingerprint density at radius 3 is 2.93 bits per heavy atom. The topological polar surface area (TPSA) is 111 Å². The fraction of sp³-hybridized carbons (Fsp3) is 0.375. The van der Waals surface area contributed by atoms with E-state index >= 15 is 0 Å². The minimum Gasteiger partial charge on any atom is -0.362 e. The van der Waals surface area contributed by atoms with E-state index in [1.54, 1.807) is 0 Å². The molecule has 1 saturated heterocycles. The Labute approximate surface area is 160 Å². The molecule has 1 saturated carbocycles. The maximum atomic E-state index is 13.6. The van der Waals surface area contributed by atoms with Crippen molar-refractivity contribution in [3.63, 3.8) is 0 Å². The highest BCUT2D eigenvalue weighted by Crippen LogP contribution is 2.35. The summed E-state index contributed by atoms with van der Waals surface area (Å²) in [6, 6.07) is 4.90. The molecule has 3 heterocycles. The smallest absolute Gasteiger partial charge is 0.362 e. The number of benzene rings is 1. The first-order chi connectivity index (χ1) is 13.1. The highest BCUT2D eigenvalue weighted by molar-refractivity contribution is 9.10. The van der Waals surface area contributed by atoms with Crippen LogP contribution in [0.25, 0.3) is 17.2 Å². The number of halogens is 2. The van der Waals surface area contributed by atoms with Gasteiger partial charge in [0.25, 0.3) is 0 Å². The zero-order valence-corrected chi connectivity index (χ0v) is 15.4. The van der Waals surface area contributed by atoms with Gasteiger partial charge in [-0.2, -0.15) is 0 Å². The molecular formula is C16H14BrFN6O3. The quantitative estimate of drug-likeness (QED) is 0.637. The monoisotopic (exact) mass is 436 g/mol. The van der Waals surface area contributed by atoms with Gasteiger partial charge >= 0.3 is 5.76 Å². The maximum Gasteiger partial charge on any atom is 0.446 e. The van der Waals surface area contributed by atoms with Crippen molar-refractivity contribution < 1.29 is 13.5 Å². The largest absolute Gasteiger partial charge is 0.446 e. The summed E-state index contributed by atoms with van der Waals surface area (Å²) in [5.74, 6) is -0.131. The lowest BCUT2D eigenvalue weighted by Crippen LogP contribution is -2.37. The molecule has 2 bridgehead atoms. The van der Waals surface area contributed by atoms with Gasteiger partial charge in [-0.15, -0.1) is 0 Å². The molecule has 2 aromatic heterocycles. The Hall–Kier alpha value is -2.53. The lowest BCUT2D eigenvalue weighted by molar-refractivity contribution is 0.308. The molecule has 140 valence electrons. The van der Waals surface area contributed by atoms with Crippen molar-refractivity contribution in [3.8, 4) is 17.2 Å². The number of nitrogens with one attached hydrogen (secondary N) is 2. The van der Waals surface area contributed by atoms with Crippen LogP contribution in [0.3, 0.4) is 0 Å². The fourth-order valence-corrected chi connectivity index (χ4v) is 4.24.